The third kappa shape index (κ3) is 7.45. The number of nitrogens with two attached hydrogens (primary N) is 1. The number of carbonyl (C=O) groups excluding carboxylic acids is 4. The molecule has 3 fully saturated rings. The van der Waals surface area contributed by atoms with Gasteiger partial charge in [-0.15, -0.1) is 11.3 Å². The van der Waals surface area contributed by atoms with Gasteiger partial charge in [-0.05, 0) is 87.0 Å². The highest BCUT2D eigenvalue weighted by Gasteiger charge is 2.48. The van der Waals surface area contributed by atoms with Crippen LogP contribution in [0.2, 0.25) is 0 Å². The van der Waals surface area contributed by atoms with Crippen LogP contribution in [0.25, 0.3) is 10.1 Å². The Balaban J connectivity index is 1.28. The van der Waals surface area contributed by atoms with Crippen LogP contribution in [-0.2, 0) is 16.0 Å². The molecular weight excluding hydrogens is 611 g/mol. The van der Waals surface area contributed by atoms with Gasteiger partial charge in [-0.3, -0.25) is 19.3 Å². The number of urea groups is 1. The lowest BCUT2D eigenvalue weighted by atomic mass is 9.73. The van der Waals surface area contributed by atoms with Crippen molar-refractivity contribution in [3.05, 3.63) is 71.1 Å². The summed E-state index contributed by atoms with van der Waals surface area (Å²) < 4.78 is 0.998. The molecule has 6 rings (SSSR count). The number of thiophene rings is 1. The highest BCUT2D eigenvalue weighted by molar-refractivity contribution is 7.20. The highest BCUT2D eigenvalue weighted by Crippen LogP contribution is 2.34. The summed E-state index contributed by atoms with van der Waals surface area (Å²) >= 11 is 1.39. The molecule has 0 bridgehead atoms. The number of nitrogens with one attached hydrogen (secondary N) is 3. The number of piperidine rings is 1. The van der Waals surface area contributed by atoms with E-state index >= 15 is 0 Å². The smallest absolute Gasteiger partial charge is 0.324 e. The summed E-state index contributed by atoms with van der Waals surface area (Å²) in [6, 6.07) is 18.0. The molecule has 2 aliphatic carbocycles. The largest absolute Gasteiger partial charge is 0.337 e. The molecule has 0 spiro atoms. The second kappa shape index (κ2) is 14.7. The van der Waals surface area contributed by atoms with Crippen molar-refractivity contribution in [3.8, 4) is 0 Å². The van der Waals surface area contributed by atoms with Crippen molar-refractivity contribution in [2.75, 3.05) is 19.6 Å². The number of hydrogen-bond donors (Lipinski definition) is 4. The predicted octanol–water partition coefficient (Wildman–Crippen LogP) is 5.32. The SMILES string of the molecule is NC1(C(=O)[C@H](NC(=O)N(CCc2ccccc2)C(=O)C2(NC(=O)c3cc4ccccc4s3)CCCC2)C2CCNCC2)CCCCC1. The standard InChI is InChI=1S/C37H47N5O4S/c38-36(18-7-2-8-19-36)32(43)31(27-15-22-39-23-16-27)40-35(46)42(24-17-26-11-3-1-4-12-26)34(45)37(20-9-10-21-37)41-33(44)30-25-28-13-5-6-14-29(28)47-30/h1,3-6,11-14,25,27,31,39H,2,7-10,15-24,38H2,(H,40,46)(H,41,44)/t31-/m1/s1. The summed E-state index contributed by atoms with van der Waals surface area (Å²) in [5.74, 6) is -0.930. The van der Waals surface area contributed by atoms with Crippen LogP contribution in [0.3, 0.4) is 0 Å². The van der Waals surface area contributed by atoms with E-state index < -0.39 is 29.1 Å². The lowest BCUT2D eigenvalue weighted by Crippen LogP contribution is -2.65. The summed E-state index contributed by atoms with van der Waals surface area (Å²) in [6.07, 6.45) is 8.37. The number of benzene rings is 2. The summed E-state index contributed by atoms with van der Waals surface area (Å²) in [6.45, 7) is 1.63. The molecule has 2 saturated carbocycles. The van der Waals surface area contributed by atoms with Crippen LogP contribution < -0.4 is 21.7 Å². The molecule has 10 heteroatoms. The Bertz CT molecular complexity index is 1540. The van der Waals surface area contributed by atoms with Crippen molar-refractivity contribution in [2.24, 2.45) is 11.7 Å². The minimum atomic E-state index is -1.21. The third-order valence-electron chi connectivity index (χ3n) is 10.5. The summed E-state index contributed by atoms with van der Waals surface area (Å²) in [7, 11) is 0. The first-order chi connectivity index (χ1) is 22.8. The van der Waals surface area contributed by atoms with E-state index in [9.17, 15) is 19.2 Å². The topological polar surface area (TPSA) is 134 Å². The quantitative estimate of drug-likeness (QED) is 0.233. The Morgan fingerprint density at radius 3 is 2.26 bits per heavy atom. The van der Waals surface area contributed by atoms with Crippen molar-refractivity contribution in [1.82, 2.24) is 20.9 Å². The van der Waals surface area contributed by atoms with Crippen LogP contribution in [0, 0.1) is 5.92 Å². The van der Waals surface area contributed by atoms with Crippen LogP contribution in [0.4, 0.5) is 4.79 Å². The number of ketones is 1. The van der Waals surface area contributed by atoms with Gasteiger partial charge >= 0.3 is 6.03 Å². The molecule has 47 heavy (non-hydrogen) atoms. The first-order valence-electron chi connectivity index (χ1n) is 17.3. The van der Waals surface area contributed by atoms with Gasteiger partial charge in [0.15, 0.2) is 5.78 Å². The van der Waals surface area contributed by atoms with E-state index in [4.69, 9.17) is 5.73 Å². The minimum absolute atomic E-state index is 0.0748. The highest BCUT2D eigenvalue weighted by atomic mass is 32.1. The zero-order valence-electron chi connectivity index (χ0n) is 27.1. The Labute approximate surface area is 281 Å². The first kappa shape index (κ1) is 33.3. The lowest BCUT2D eigenvalue weighted by Gasteiger charge is -2.40. The van der Waals surface area contributed by atoms with Gasteiger partial charge in [0.05, 0.1) is 16.5 Å². The van der Waals surface area contributed by atoms with E-state index in [-0.39, 0.29) is 24.2 Å². The fraction of sp³-hybridized carbons (Fsp3) is 0.514. The Kier molecular flexibility index (Phi) is 10.4. The second-order valence-corrected chi connectivity index (χ2v) is 14.8. The molecule has 1 aliphatic heterocycles. The molecule has 9 nitrogen and oxygen atoms in total. The molecule has 250 valence electrons. The zero-order valence-corrected chi connectivity index (χ0v) is 27.9. The van der Waals surface area contributed by atoms with Gasteiger partial charge < -0.3 is 21.7 Å². The number of amides is 4. The maximum absolute atomic E-state index is 14.7. The van der Waals surface area contributed by atoms with Gasteiger partial charge in [-0.25, -0.2) is 4.79 Å². The monoisotopic (exact) mass is 657 g/mol. The van der Waals surface area contributed by atoms with Crippen molar-refractivity contribution in [3.63, 3.8) is 0 Å². The fourth-order valence-corrected chi connectivity index (χ4v) is 8.67. The summed E-state index contributed by atoms with van der Waals surface area (Å²) in [4.78, 5) is 58.8. The Morgan fingerprint density at radius 1 is 0.894 bits per heavy atom. The van der Waals surface area contributed by atoms with E-state index in [1.54, 1.807) is 0 Å². The van der Waals surface area contributed by atoms with Crippen molar-refractivity contribution in [1.29, 1.82) is 0 Å². The number of rotatable bonds is 10. The van der Waals surface area contributed by atoms with Crippen molar-refractivity contribution in [2.45, 2.75) is 94.2 Å². The third-order valence-corrected chi connectivity index (χ3v) is 11.6. The number of fused-ring (bicyclic) bond motifs is 1. The molecule has 3 aromatic rings. The summed E-state index contributed by atoms with van der Waals surface area (Å²) in [5.41, 5.74) is 5.56. The molecule has 1 aromatic heterocycles. The van der Waals surface area contributed by atoms with E-state index in [2.05, 4.69) is 16.0 Å². The molecule has 5 N–H and O–H groups in total. The van der Waals surface area contributed by atoms with E-state index in [1.165, 1.54) is 16.2 Å². The van der Waals surface area contributed by atoms with E-state index in [1.807, 2.05) is 60.7 Å². The van der Waals surface area contributed by atoms with Crippen molar-refractivity contribution < 1.29 is 19.2 Å². The number of Topliss-reactive ketones (excluding diaryl/α,β-unsaturated/α-hetero) is 1. The van der Waals surface area contributed by atoms with Crippen LogP contribution >= 0.6 is 11.3 Å². The molecule has 3 aliphatic rings. The number of carbonyl (C=O) groups is 4. The number of nitrogens with zero attached hydrogens (tertiary/aromatic N) is 1. The van der Waals surface area contributed by atoms with Crippen LogP contribution in [0.1, 0.15) is 85.9 Å². The molecule has 2 aromatic carbocycles. The first-order valence-corrected chi connectivity index (χ1v) is 18.1. The average Bonchev–Trinajstić information content (AvgIpc) is 3.76. The molecule has 1 atom stereocenters. The molecule has 0 radical (unpaired) electrons. The van der Waals surface area contributed by atoms with Crippen molar-refractivity contribution >= 4 is 45.1 Å². The predicted molar refractivity (Wildman–Crippen MR) is 185 cm³/mol. The number of hydrogen-bond acceptors (Lipinski definition) is 7. The molecule has 4 amide bonds. The van der Waals surface area contributed by atoms with Crippen LogP contribution in [-0.4, -0.2) is 65.3 Å². The van der Waals surface area contributed by atoms with Gasteiger partial charge in [0.2, 0.25) is 0 Å². The second-order valence-electron chi connectivity index (χ2n) is 13.7. The zero-order chi connectivity index (χ0) is 32.9. The van der Waals surface area contributed by atoms with Gasteiger partial charge in [0.1, 0.15) is 5.54 Å². The maximum atomic E-state index is 14.7. The molecular formula is C37H47N5O4S. The lowest BCUT2D eigenvalue weighted by molar-refractivity contribution is -0.135. The minimum Gasteiger partial charge on any atom is -0.337 e. The van der Waals surface area contributed by atoms with Crippen LogP contribution in [0.15, 0.2) is 60.7 Å². The van der Waals surface area contributed by atoms with Crippen LogP contribution in [0.5, 0.6) is 0 Å². The van der Waals surface area contributed by atoms with Gasteiger partial charge in [-0.2, -0.15) is 0 Å². The Hall–Kier alpha value is -3.60. The van der Waals surface area contributed by atoms with Gasteiger partial charge in [0, 0.05) is 11.2 Å². The number of imide groups is 1. The van der Waals surface area contributed by atoms with E-state index in [0.717, 1.165) is 73.7 Å². The van der Waals surface area contributed by atoms with Gasteiger partial charge in [0.25, 0.3) is 11.8 Å². The molecule has 0 unspecified atom stereocenters. The molecule has 1 saturated heterocycles. The van der Waals surface area contributed by atoms with Gasteiger partial charge in [-0.1, -0.05) is 80.6 Å². The van der Waals surface area contributed by atoms with E-state index in [0.29, 0.717) is 37.0 Å². The summed E-state index contributed by atoms with van der Waals surface area (Å²) in [5, 5.41) is 10.5. The fourth-order valence-electron chi connectivity index (χ4n) is 7.71. The maximum Gasteiger partial charge on any atom is 0.324 e. The molecule has 2 heterocycles. The normalized spacial score (nSPS) is 19.9. The Morgan fingerprint density at radius 2 is 1.55 bits per heavy atom. The average molecular weight is 658 g/mol.